The number of rotatable bonds is 6. The predicted octanol–water partition coefficient (Wildman–Crippen LogP) is 1.64. The molecule has 2 atom stereocenters. The number of aromatic nitrogens is 1. The van der Waals surface area contributed by atoms with Crippen LogP contribution in [0.2, 0.25) is 0 Å². The van der Waals surface area contributed by atoms with E-state index in [0.717, 1.165) is 17.6 Å². The molecule has 8 nitrogen and oxygen atoms in total. The Morgan fingerprint density at radius 3 is 2.57 bits per heavy atom. The molecule has 0 aromatic carbocycles. The van der Waals surface area contributed by atoms with Gasteiger partial charge in [-0.05, 0) is 35.6 Å². The summed E-state index contributed by atoms with van der Waals surface area (Å²) >= 11 is 0. The smallest absolute Gasteiger partial charge is 0.416 e. The summed E-state index contributed by atoms with van der Waals surface area (Å²) in [5, 5.41) is 5.48. The Labute approximate surface area is 163 Å². The molecule has 0 radical (unpaired) electrons. The topological polar surface area (TPSA) is 101 Å². The number of hydrogen-bond acceptors (Lipinski definition) is 5. The summed E-state index contributed by atoms with van der Waals surface area (Å²) in [6.07, 6.45) is 7.96. The lowest BCUT2D eigenvalue weighted by atomic mass is 9.93. The van der Waals surface area contributed by atoms with Crippen LogP contribution in [0.15, 0.2) is 36.6 Å². The third kappa shape index (κ3) is 4.97. The number of nitrogens with zero attached hydrogens (tertiary/aromatic N) is 2. The van der Waals surface area contributed by atoms with Gasteiger partial charge in [-0.25, -0.2) is 9.78 Å². The molecule has 1 unspecified atom stereocenters. The Kier molecular flexibility index (Phi) is 6.08. The van der Waals surface area contributed by atoms with Crippen LogP contribution < -0.4 is 15.5 Å². The highest BCUT2D eigenvalue weighted by molar-refractivity contribution is 5.89. The molecule has 0 spiro atoms. The molecular weight excluding hydrogens is 360 g/mol. The summed E-state index contributed by atoms with van der Waals surface area (Å²) in [7, 11) is 0. The van der Waals surface area contributed by atoms with Crippen LogP contribution in [0.3, 0.4) is 0 Å². The molecule has 1 saturated heterocycles. The van der Waals surface area contributed by atoms with Crippen LogP contribution in [-0.4, -0.2) is 48.6 Å². The number of carbonyl (C=O) groups excluding carboxylic acids is 3. The zero-order chi connectivity index (χ0) is 20.1. The predicted molar refractivity (Wildman–Crippen MR) is 104 cm³/mol. The molecule has 1 aromatic heterocycles. The summed E-state index contributed by atoms with van der Waals surface area (Å²) in [5.74, 6) is 0.621. The van der Waals surface area contributed by atoms with E-state index in [1.165, 1.54) is 18.7 Å². The average molecular weight is 384 g/mol. The first-order valence-corrected chi connectivity index (χ1v) is 9.24. The molecule has 0 bridgehead atoms. The van der Waals surface area contributed by atoms with Crippen LogP contribution in [0, 0.1) is 5.92 Å². The number of pyridine rings is 1. The number of amides is 3. The number of anilines is 1. The van der Waals surface area contributed by atoms with Crippen molar-refractivity contribution in [2.45, 2.75) is 26.4 Å². The maximum Gasteiger partial charge on any atom is 0.416 e. The van der Waals surface area contributed by atoms with Crippen molar-refractivity contribution in [1.82, 2.24) is 15.6 Å². The van der Waals surface area contributed by atoms with E-state index >= 15 is 0 Å². The van der Waals surface area contributed by atoms with Gasteiger partial charge >= 0.3 is 6.09 Å². The molecule has 3 rings (SSSR count). The molecule has 1 aromatic rings. The second-order valence-electron chi connectivity index (χ2n) is 6.91. The van der Waals surface area contributed by atoms with Crippen molar-refractivity contribution < 1.29 is 19.1 Å². The summed E-state index contributed by atoms with van der Waals surface area (Å²) < 4.78 is 5.26. The lowest BCUT2D eigenvalue weighted by Gasteiger charge is -2.17. The number of nitrogens with one attached hydrogen (secondary N) is 2. The first kappa shape index (κ1) is 19.6. The number of cyclic esters (lactones) is 1. The molecule has 1 fully saturated rings. The van der Waals surface area contributed by atoms with Gasteiger partial charge in [0.2, 0.25) is 11.8 Å². The summed E-state index contributed by atoms with van der Waals surface area (Å²) in [6.45, 7) is 4.19. The molecule has 2 heterocycles. The van der Waals surface area contributed by atoms with Gasteiger partial charge in [0.05, 0.1) is 13.1 Å². The van der Waals surface area contributed by atoms with Crippen LogP contribution in [0.4, 0.5) is 10.6 Å². The van der Waals surface area contributed by atoms with E-state index in [4.69, 9.17) is 4.74 Å². The van der Waals surface area contributed by atoms with Gasteiger partial charge in [-0.15, -0.1) is 0 Å². The van der Waals surface area contributed by atoms with Crippen molar-refractivity contribution in [2.24, 2.45) is 5.92 Å². The summed E-state index contributed by atoms with van der Waals surface area (Å²) in [5.41, 5.74) is 2.02. The number of carbonyl (C=O) groups is 3. The first-order chi connectivity index (χ1) is 13.4. The average Bonchev–Trinajstić information content (AvgIpc) is 3.06. The van der Waals surface area contributed by atoms with Crippen LogP contribution >= 0.6 is 0 Å². The third-order valence-electron chi connectivity index (χ3n) is 4.61. The minimum atomic E-state index is -0.465. The number of hydrogen-bond donors (Lipinski definition) is 2. The van der Waals surface area contributed by atoms with Gasteiger partial charge in [-0.3, -0.25) is 14.5 Å². The summed E-state index contributed by atoms with van der Waals surface area (Å²) in [6, 6.07) is 3.70. The molecule has 1 aliphatic heterocycles. The Bertz CT molecular complexity index is 816. The molecule has 148 valence electrons. The van der Waals surface area contributed by atoms with E-state index in [1.54, 1.807) is 12.3 Å². The Balaban J connectivity index is 1.58. The molecule has 3 amide bonds. The van der Waals surface area contributed by atoms with Crippen LogP contribution in [-0.2, 0) is 14.3 Å². The summed E-state index contributed by atoms with van der Waals surface area (Å²) in [4.78, 5) is 39.9. The van der Waals surface area contributed by atoms with E-state index in [-0.39, 0.29) is 24.5 Å². The minimum absolute atomic E-state index is 0.0253. The highest BCUT2D eigenvalue weighted by Crippen LogP contribution is 2.26. The van der Waals surface area contributed by atoms with Gasteiger partial charge in [-0.2, -0.15) is 0 Å². The van der Waals surface area contributed by atoms with Crippen molar-refractivity contribution in [3.8, 4) is 0 Å². The van der Waals surface area contributed by atoms with Gasteiger partial charge in [0.15, 0.2) is 0 Å². The standard InChI is InChI=1S/C20H24N4O4/c1-13(25)21-9-15-3-5-16(6-4-15)17-7-8-19(23-10-17)24-12-18(28-20(24)27)11-22-14(2)26/h3,5-8,10,15,18H,4,9,11-12H2,1-2H3,(H,21,25)(H,22,26)/t15?,18-/m0/s1. The molecule has 1 aliphatic carbocycles. The maximum atomic E-state index is 12.1. The van der Waals surface area contributed by atoms with E-state index in [1.807, 2.05) is 12.1 Å². The quantitative estimate of drug-likeness (QED) is 0.777. The van der Waals surface area contributed by atoms with Gasteiger partial charge in [0.1, 0.15) is 11.9 Å². The van der Waals surface area contributed by atoms with Crippen LogP contribution in [0.25, 0.3) is 5.57 Å². The van der Waals surface area contributed by atoms with Crippen molar-refractivity contribution in [2.75, 3.05) is 24.5 Å². The minimum Gasteiger partial charge on any atom is -0.442 e. The normalized spacial score (nSPS) is 21.1. The highest BCUT2D eigenvalue weighted by Gasteiger charge is 2.33. The van der Waals surface area contributed by atoms with Crippen molar-refractivity contribution in [3.05, 3.63) is 42.1 Å². The second kappa shape index (κ2) is 8.69. The van der Waals surface area contributed by atoms with E-state index in [9.17, 15) is 14.4 Å². The molecule has 28 heavy (non-hydrogen) atoms. The third-order valence-corrected chi connectivity index (χ3v) is 4.61. The molecule has 8 heteroatoms. The number of allylic oxidation sites excluding steroid dienone is 3. The zero-order valence-electron chi connectivity index (χ0n) is 16.0. The van der Waals surface area contributed by atoms with Gasteiger partial charge in [0, 0.05) is 26.6 Å². The molecule has 2 N–H and O–H groups in total. The fourth-order valence-electron chi connectivity index (χ4n) is 3.09. The maximum absolute atomic E-state index is 12.1. The molecular formula is C20H24N4O4. The van der Waals surface area contributed by atoms with Crippen molar-refractivity contribution in [1.29, 1.82) is 0 Å². The van der Waals surface area contributed by atoms with Crippen LogP contribution in [0.5, 0.6) is 0 Å². The number of ether oxygens (including phenoxy) is 1. The SMILES string of the molecule is CC(=O)NCC1C=CC(c2ccc(N3C[C@H](CNC(C)=O)OC3=O)nc2)=CC1. The van der Waals surface area contributed by atoms with Gasteiger partial charge in [0.25, 0.3) is 0 Å². The first-order valence-electron chi connectivity index (χ1n) is 9.24. The van der Waals surface area contributed by atoms with Crippen molar-refractivity contribution in [3.63, 3.8) is 0 Å². The molecule has 0 saturated carbocycles. The fourth-order valence-corrected chi connectivity index (χ4v) is 3.09. The van der Waals surface area contributed by atoms with Gasteiger partial charge < -0.3 is 15.4 Å². The lowest BCUT2D eigenvalue weighted by Crippen LogP contribution is -2.33. The Morgan fingerprint density at radius 2 is 1.96 bits per heavy atom. The second-order valence-corrected chi connectivity index (χ2v) is 6.91. The molecule has 2 aliphatic rings. The lowest BCUT2D eigenvalue weighted by molar-refractivity contribution is -0.120. The monoisotopic (exact) mass is 384 g/mol. The van der Waals surface area contributed by atoms with Gasteiger partial charge in [-0.1, -0.05) is 18.2 Å². The van der Waals surface area contributed by atoms with E-state index in [2.05, 4.69) is 27.8 Å². The van der Waals surface area contributed by atoms with Crippen molar-refractivity contribution >= 4 is 29.3 Å². The fraction of sp³-hybridized carbons (Fsp3) is 0.400. The zero-order valence-corrected chi connectivity index (χ0v) is 16.0. The largest absolute Gasteiger partial charge is 0.442 e. The van der Waals surface area contributed by atoms with E-state index in [0.29, 0.717) is 24.8 Å². The highest BCUT2D eigenvalue weighted by atomic mass is 16.6. The van der Waals surface area contributed by atoms with E-state index < -0.39 is 6.09 Å². The Morgan fingerprint density at radius 1 is 1.21 bits per heavy atom. The van der Waals surface area contributed by atoms with Crippen LogP contribution in [0.1, 0.15) is 25.8 Å². The Hall–Kier alpha value is -3.16.